The highest BCUT2D eigenvalue weighted by Gasteiger charge is 2.30. The fourth-order valence-corrected chi connectivity index (χ4v) is 4.30. The van der Waals surface area contributed by atoms with Gasteiger partial charge < -0.3 is 15.0 Å². The van der Waals surface area contributed by atoms with Crippen LogP contribution in [0.2, 0.25) is 5.02 Å². The predicted octanol–water partition coefficient (Wildman–Crippen LogP) is 5.18. The van der Waals surface area contributed by atoms with Crippen LogP contribution in [-0.2, 0) is 22.6 Å². The number of carbonyl (C=O) groups is 2. The van der Waals surface area contributed by atoms with E-state index in [1.807, 2.05) is 61.5 Å². The van der Waals surface area contributed by atoms with Crippen LogP contribution in [0.1, 0.15) is 16.7 Å². The van der Waals surface area contributed by atoms with Gasteiger partial charge in [0, 0.05) is 25.0 Å². The van der Waals surface area contributed by atoms with Crippen molar-refractivity contribution < 1.29 is 14.3 Å². The number of benzene rings is 3. The Bertz CT molecular complexity index is 1110. The zero-order valence-corrected chi connectivity index (χ0v) is 20.9. The SMILES string of the molecule is CNC(=O)C(Cc1ccccc1)N(Cc1ccccc1C)C(=O)COc1ccc(Cl)cc1Br. The molecular weight excluding hydrogens is 504 g/mol. The molecule has 0 saturated carbocycles. The molecule has 3 aromatic rings. The molecule has 3 aromatic carbocycles. The Hall–Kier alpha value is -2.83. The summed E-state index contributed by atoms with van der Waals surface area (Å²) in [6, 6.07) is 21.9. The van der Waals surface area contributed by atoms with Gasteiger partial charge in [-0.25, -0.2) is 0 Å². The van der Waals surface area contributed by atoms with Crippen LogP contribution in [0.3, 0.4) is 0 Å². The molecule has 0 fully saturated rings. The average Bonchev–Trinajstić information content (AvgIpc) is 2.82. The first-order valence-corrected chi connectivity index (χ1v) is 11.7. The van der Waals surface area contributed by atoms with Gasteiger partial charge in [-0.05, 0) is 57.7 Å². The molecule has 0 aromatic heterocycles. The van der Waals surface area contributed by atoms with E-state index in [4.69, 9.17) is 16.3 Å². The summed E-state index contributed by atoms with van der Waals surface area (Å²) in [6.45, 7) is 2.07. The number of nitrogens with one attached hydrogen (secondary N) is 1. The van der Waals surface area contributed by atoms with Gasteiger partial charge in [0.25, 0.3) is 5.91 Å². The van der Waals surface area contributed by atoms with Gasteiger partial charge in [0.2, 0.25) is 5.91 Å². The van der Waals surface area contributed by atoms with Crippen LogP contribution >= 0.6 is 27.5 Å². The van der Waals surface area contributed by atoms with Gasteiger partial charge in [-0.15, -0.1) is 0 Å². The van der Waals surface area contributed by atoms with Crippen LogP contribution in [0.15, 0.2) is 77.3 Å². The van der Waals surface area contributed by atoms with E-state index in [-0.39, 0.29) is 18.4 Å². The van der Waals surface area contributed by atoms with Gasteiger partial charge in [-0.1, -0.05) is 66.2 Å². The van der Waals surface area contributed by atoms with Crippen LogP contribution in [-0.4, -0.2) is 36.4 Å². The summed E-state index contributed by atoms with van der Waals surface area (Å²) in [4.78, 5) is 28.0. The van der Waals surface area contributed by atoms with Gasteiger partial charge in [-0.3, -0.25) is 9.59 Å². The van der Waals surface area contributed by atoms with Crippen molar-refractivity contribution in [2.45, 2.75) is 25.9 Å². The maximum atomic E-state index is 13.4. The molecule has 0 aliphatic heterocycles. The highest BCUT2D eigenvalue weighted by atomic mass is 79.9. The van der Waals surface area contributed by atoms with E-state index in [1.54, 1.807) is 30.1 Å². The molecule has 5 nitrogen and oxygen atoms in total. The molecule has 3 rings (SSSR count). The van der Waals surface area contributed by atoms with Crippen LogP contribution in [0.5, 0.6) is 5.75 Å². The minimum absolute atomic E-state index is 0.214. The summed E-state index contributed by atoms with van der Waals surface area (Å²) in [7, 11) is 1.58. The summed E-state index contributed by atoms with van der Waals surface area (Å²) in [5.41, 5.74) is 2.99. The Morgan fingerprint density at radius 3 is 2.42 bits per heavy atom. The highest BCUT2D eigenvalue weighted by Crippen LogP contribution is 2.28. The number of rotatable bonds is 9. The Balaban J connectivity index is 1.89. The van der Waals surface area contributed by atoms with E-state index in [2.05, 4.69) is 21.2 Å². The predicted molar refractivity (Wildman–Crippen MR) is 134 cm³/mol. The van der Waals surface area contributed by atoms with Crippen molar-refractivity contribution in [3.63, 3.8) is 0 Å². The lowest BCUT2D eigenvalue weighted by atomic mass is 10.0. The van der Waals surface area contributed by atoms with Gasteiger partial charge in [0.15, 0.2) is 6.61 Å². The summed E-state index contributed by atoms with van der Waals surface area (Å²) in [6.07, 6.45) is 0.392. The summed E-state index contributed by atoms with van der Waals surface area (Å²) in [5, 5.41) is 3.27. The summed E-state index contributed by atoms with van der Waals surface area (Å²) < 4.78 is 6.44. The van der Waals surface area contributed by atoms with Crippen LogP contribution in [0.4, 0.5) is 0 Å². The molecular formula is C26H26BrClN2O3. The number of hydrogen-bond acceptors (Lipinski definition) is 3. The van der Waals surface area contributed by atoms with Crippen molar-refractivity contribution in [1.29, 1.82) is 0 Å². The number of hydrogen-bond donors (Lipinski definition) is 1. The van der Waals surface area contributed by atoms with E-state index in [1.165, 1.54) is 0 Å². The molecule has 33 heavy (non-hydrogen) atoms. The number of nitrogens with zero attached hydrogens (tertiary/aromatic N) is 1. The van der Waals surface area contributed by atoms with Crippen LogP contribution < -0.4 is 10.1 Å². The standard InChI is InChI=1S/C26H26BrClN2O3/c1-18-8-6-7-11-20(18)16-30(23(26(32)29-2)14-19-9-4-3-5-10-19)25(31)17-33-24-13-12-21(28)15-22(24)27/h3-13,15,23H,14,16-17H2,1-2H3,(H,29,32). The molecule has 0 radical (unpaired) electrons. The Morgan fingerprint density at radius 1 is 1.06 bits per heavy atom. The minimum Gasteiger partial charge on any atom is -0.483 e. The molecule has 1 atom stereocenters. The van der Waals surface area contributed by atoms with E-state index in [0.717, 1.165) is 16.7 Å². The second-order valence-corrected chi connectivity index (χ2v) is 8.92. The third-order valence-corrected chi connectivity index (χ3v) is 6.22. The number of halogens is 2. The van der Waals surface area contributed by atoms with Crippen molar-refractivity contribution in [3.05, 3.63) is 99.0 Å². The monoisotopic (exact) mass is 528 g/mol. The topological polar surface area (TPSA) is 58.6 Å². The lowest BCUT2D eigenvalue weighted by Gasteiger charge is -2.31. The van der Waals surface area contributed by atoms with Crippen LogP contribution in [0, 0.1) is 6.92 Å². The summed E-state index contributed by atoms with van der Waals surface area (Å²) >= 11 is 9.41. The lowest BCUT2D eigenvalue weighted by Crippen LogP contribution is -2.51. The second kappa shape index (κ2) is 11.9. The molecule has 0 bridgehead atoms. The molecule has 0 saturated heterocycles. The molecule has 0 aliphatic rings. The van der Waals surface area contributed by atoms with Crippen molar-refractivity contribution in [3.8, 4) is 5.75 Å². The Morgan fingerprint density at radius 2 is 1.76 bits per heavy atom. The normalized spacial score (nSPS) is 11.5. The first kappa shape index (κ1) is 24.8. The number of amides is 2. The number of carbonyl (C=O) groups excluding carboxylic acids is 2. The number of aryl methyl sites for hydroxylation is 1. The van der Waals surface area contributed by atoms with Crippen LogP contribution in [0.25, 0.3) is 0 Å². The molecule has 0 aliphatic carbocycles. The quantitative estimate of drug-likeness (QED) is 0.416. The highest BCUT2D eigenvalue weighted by molar-refractivity contribution is 9.10. The average molecular weight is 530 g/mol. The maximum Gasteiger partial charge on any atom is 0.261 e. The molecule has 2 amide bonds. The van der Waals surface area contributed by atoms with Crippen molar-refractivity contribution in [2.75, 3.05) is 13.7 Å². The Labute approximate surface area is 207 Å². The Kier molecular flexibility index (Phi) is 8.92. The fourth-order valence-electron chi connectivity index (χ4n) is 3.51. The van der Waals surface area contributed by atoms with Gasteiger partial charge in [0.05, 0.1) is 4.47 Å². The van der Waals surface area contributed by atoms with Crippen molar-refractivity contribution in [1.82, 2.24) is 10.2 Å². The third-order valence-electron chi connectivity index (χ3n) is 5.36. The first-order valence-electron chi connectivity index (χ1n) is 10.6. The maximum absolute atomic E-state index is 13.4. The number of ether oxygens (including phenoxy) is 1. The fraction of sp³-hybridized carbons (Fsp3) is 0.231. The van der Waals surface area contributed by atoms with E-state index in [9.17, 15) is 9.59 Å². The van der Waals surface area contributed by atoms with Gasteiger partial charge in [-0.2, -0.15) is 0 Å². The zero-order valence-electron chi connectivity index (χ0n) is 18.6. The summed E-state index contributed by atoms with van der Waals surface area (Å²) in [5.74, 6) is -0.0127. The van der Waals surface area contributed by atoms with Gasteiger partial charge in [0.1, 0.15) is 11.8 Å². The van der Waals surface area contributed by atoms with Crippen molar-refractivity contribution in [2.24, 2.45) is 0 Å². The van der Waals surface area contributed by atoms with E-state index < -0.39 is 6.04 Å². The molecule has 0 heterocycles. The zero-order chi connectivity index (χ0) is 23.8. The smallest absolute Gasteiger partial charge is 0.261 e. The first-order chi connectivity index (χ1) is 15.9. The number of likely N-dealkylation sites (N-methyl/N-ethyl adjacent to an activating group) is 1. The molecule has 0 spiro atoms. The molecule has 7 heteroatoms. The molecule has 172 valence electrons. The third kappa shape index (κ3) is 6.83. The second-order valence-electron chi connectivity index (χ2n) is 7.63. The van der Waals surface area contributed by atoms with E-state index in [0.29, 0.717) is 28.2 Å². The van der Waals surface area contributed by atoms with Crippen molar-refractivity contribution >= 4 is 39.3 Å². The molecule has 1 N–H and O–H groups in total. The van der Waals surface area contributed by atoms with E-state index >= 15 is 0 Å². The molecule has 1 unspecified atom stereocenters. The largest absolute Gasteiger partial charge is 0.483 e. The lowest BCUT2D eigenvalue weighted by molar-refractivity contribution is -0.142. The minimum atomic E-state index is -0.693. The van der Waals surface area contributed by atoms with Gasteiger partial charge >= 0.3 is 0 Å².